The number of nitrogens with one attached hydrogen (secondary N) is 1. The number of benzene rings is 2. The third-order valence-electron chi connectivity index (χ3n) is 4.35. The molecule has 0 radical (unpaired) electrons. The van der Waals surface area contributed by atoms with E-state index in [-0.39, 0.29) is 0 Å². The summed E-state index contributed by atoms with van der Waals surface area (Å²) in [6, 6.07) is 12.5. The molecule has 0 aliphatic rings. The van der Waals surface area contributed by atoms with Gasteiger partial charge in [-0.3, -0.25) is 9.52 Å². The van der Waals surface area contributed by atoms with Gasteiger partial charge >= 0.3 is 0 Å². The molecule has 0 aliphatic carbocycles. The SMILES string of the molecule is CN(CCCc1ccc(NS(C)(=O)=O)cc1)CCN(C=O)c1ccc(Cl)c(Cl)c1. The van der Waals surface area contributed by atoms with Gasteiger partial charge in [0.15, 0.2) is 0 Å². The van der Waals surface area contributed by atoms with E-state index in [0.29, 0.717) is 28.0 Å². The van der Waals surface area contributed by atoms with Gasteiger partial charge in [0.1, 0.15) is 0 Å². The molecule has 0 aromatic heterocycles. The average molecular weight is 458 g/mol. The van der Waals surface area contributed by atoms with Crippen molar-refractivity contribution in [2.45, 2.75) is 12.8 Å². The number of hydrogen-bond donors (Lipinski definition) is 1. The Morgan fingerprint density at radius 1 is 1.00 bits per heavy atom. The Balaban J connectivity index is 1.76. The minimum atomic E-state index is -3.26. The van der Waals surface area contributed by atoms with Crippen LogP contribution in [-0.4, -0.2) is 52.7 Å². The van der Waals surface area contributed by atoms with Crippen LogP contribution in [0.4, 0.5) is 11.4 Å². The Morgan fingerprint density at radius 2 is 1.69 bits per heavy atom. The van der Waals surface area contributed by atoms with E-state index in [2.05, 4.69) is 9.62 Å². The Bertz CT molecular complexity index is 921. The van der Waals surface area contributed by atoms with E-state index >= 15 is 0 Å². The largest absolute Gasteiger partial charge is 0.314 e. The van der Waals surface area contributed by atoms with E-state index < -0.39 is 10.0 Å². The van der Waals surface area contributed by atoms with Crippen LogP contribution in [0.1, 0.15) is 12.0 Å². The van der Waals surface area contributed by atoms with Crippen molar-refractivity contribution in [3.63, 3.8) is 0 Å². The molecule has 1 amide bonds. The molecule has 0 fully saturated rings. The van der Waals surface area contributed by atoms with Crippen LogP contribution >= 0.6 is 23.2 Å². The first-order chi connectivity index (χ1) is 13.7. The number of sulfonamides is 1. The first-order valence-corrected chi connectivity index (χ1v) is 11.7. The molecule has 158 valence electrons. The maximum atomic E-state index is 11.4. The zero-order valence-electron chi connectivity index (χ0n) is 16.4. The van der Waals surface area contributed by atoms with E-state index in [1.54, 1.807) is 35.2 Å². The van der Waals surface area contributed by atoms with Gasteiger partial charge in [-0.05, 0) is 62.3 Å². The topological polar surface area (TPSA) is 69.7 Å². The summed E-state index contributed by atoms with van der Waals surface area (Å²) in [5.74, 6) is 0. The minimum absolute atomic E-state index is 0.419. The number of likely N-dealkylation sites (N-methyl/N-ethyl adjacent to an activating group) is 1. The molecule has 2 aromatic carbocycles. The van der Waals surface area contributed by atoms with Gasteiger partial charge in [0, 0.05) is 24.5 Å². The first-order valence-electron chi connectivity index (χ1n) is 9.10. The molecule has 0 bridgehead atoms. The van der Waals surface area contributed by atoms with E-state index in [4.69, 9.17) is 23.2 Å². The Labute approximate surface area is 182 Å². The van der Waals surface area contributed by atoms with E-state index in [0.717, 1.165) is 44.2 Å². The van der Waals surface area contributed by atoms with Crippen LogP contribution in [0.3, 0.4) is 0 Å². The molecule has 6 nitrogen and oxygen atoms in total. The van der Waals surface area contributed by atoms with Gasteiger partial charge in [-0.15, -0.1) is 0 Å². The van der Waals surface area contributed by atoms with Crippen molar-refractivity contribution >= 4 is 51.0 Å². The van der Waals surface area contributed by atoms with E-state index in [1.165, 1.54) is 0 Å². The van der Waals surface area contributed by atoms with Gasteiger partial charge in [-0.1, -0.05) is 35.3 Å². The summed E-state index contributed by atoms with van der Waals surface area (Å²) < 4.78 is 24.9. The van der Waals surface area contributed by atoms with Crippen LogP contribution in [0.15, 0.2) is 42.5 Å². The lowest BCUT2D eigenvalue weighted by molar-refractivity contribution is -0.107. The predicted octanol–water partition coefficient (Wildman–Crippen LogP) is 3.89. The van der Waals surface area contributed by atoms with Crippen molar-refractivity contribution in [3.8, 4) is 0 Å². The van der Waals surface area contributed by atoms with E-state index in [1.807, 2.05) is 19.2 Å². The first kappa shape index (κ1) is 23.5. The zero-order valence-corrected chi connectivity index (χ0v) is 18.8. The third kappa shape index (κ3) is 8.22. The number of carbonyl (C=O) groups excluding carboxylic acids is 1. The van der Waals surface area contributed by atoms with Crippen molar-refractivity contribution in [2.24, 2.45) is 0 Å². The van der Waals surface area contributed by atoms with Crippen LogP contribution in [0.5, 0.6) is 0 Å². The van der Waals surface area contributed by atoms with Crippen LogP contribution in [0.25, 0.3) is 0 Å². The molecule has 0 aliphatic heterocycles. The van der Waals surface area contributed by atoms with Crippen LogP contribution in [0, 0.1) is 0 Å². The molecule has 0 saturated heterocycles. The second kappa shape index (κ2) is 10.8. The van der Waals surface area contributed by atoms with Gasteiger partial charge in [0.2, 0.25) is 16.4 Å². The summed E-state index contributed by atoms with van der Waals surface area (Å²) >= 11 is 12.0. The van der Waals surface area contributed by atoms with Crippen molar-refractivity contribution in [1.29, 1.82) is 0 Å². The van der Waals surface area contributed by atoms with Crippen molar-refractivity contribution in [3.05, 3.63) is 58.1 Å². The Hall–Kier alpha value is -1.80. The quantitative estimate of drug-likeness (QED) is 0.519. The molecule has 0 unspecified atom stereocenters. The number of nitrogens with zero attached hydrogens (tertiary/aromatic N) is 2. The van der Waals surface area contributed by atoms with Crippen molar-refractivity contribution in [1.82, 2.24) is 4.90 Å². The molecule has 0 atom stereocenters. The van der Waals surface area contributed by atoms with Crippen molar-refractivity contribution < 1.29 is 13.2 Å². The van der Waals surface area contributed by atoms with E-state index in [9.17, 15) is 13.2 Å². The number of anilines is 2. The minimum Gasteiger partial charge on any atom is -0.314 e. The number of hydrogen-bond acceptors (Lipinski definition) is 4. The highest BCUT2D eigenvalue weighted by Crippen LogP contribution is 2.26. The average Bonchev–Trinajstić information content (AvgIpc) is 2.65. The van der Waals surface area contributed by atoms with Gasteiger partial charge in [-0.25, -0.2) is 8.42 Å². The summed E-state index contributed by atoms with van der Waals surface area (Å²) in [6.07, 6.45) is 3.75. The molecule has 9 heteroatoms. The molecule has 0 saturated carbocycles. The Kier molecular flexibility index (Phi) is 8.77. The van der Waals surface area contributed by atoms with Gasteiger partial charge in [0.25, 0.3) is 0 Å². The van der Waals surface area contributed by atoms with Gasteiger partial charge < -0.3 is 9.80 Å². The van der Waals surface area contributed by atoms with Crippen LogP contribution in [0.2, 0.25) is 10.0 Å². The predicted molar refractivity (Wildman–Crippen MR) is 121 cm³/mol. The highest BCUT2D eigenvalue weighted by molar-refractivity contribution is 7.92. The fraction of sp³-hybridized carbons (Fsp3) is 0.350. The molecule has 0 spiro atoms. The zero-order chi connectivity index (χ0) is 21.4. The summed E-state index contributed by atoms with van der Waals surface area (Å²) in [6.45, 7) is 2.14. The summed E-state index contributed by atoms with van der Waals surface area (Å²) in [5, 5.41) is 0.876. The number of aryl methyl sites for hydroxylation is 1. The lowest BCUT2D eigenvalue weighted by atomic mass is 10.1. The number of carbonyl (C=O) groups is 1. The smallest absolute Gasteiger partial charge is 0.229 e. The normalized spacial score (nSPS) is 11.5. The van der Waals surface area contributed by atoms with Crippen LogP contribution in [-0.2, 0) is 21.2 Å². The molecule has 2 rings (SSSR count). The third-order valence-corrected chi connectivity index (χ3v) is 5.69. The maximum absolute atomic E-state index is 11.4. The summed E-state index contributed by atoms with van der Waals surface area (Å²) in [4.78, 5) is 15.2. The monoisotopic (exact) mass is 457 g/mol. The Morgan fingerprint density at radius 3 is 2.28 bits per heavy atom. The second-order valence-electron chi connectivity index (χ2n) is 6.88. The maximum Gasteiger partial charge on any atom is 0.229 e. The highest BCUT2D eigenvalue weighted by Gasteiger charge is 2.09. The summed E-state index contributed by atoms with van der Waals surface area (Å²) in [5.41, 5.74) is 2.41. The molecule has 29 heavy (non-hydrogen) atoms. The van der Waals surface area contributed by atoms with Gasteiger partial charge in [-0.2, -0.15) is 0 Å². The van der Waals surface area contributed by atoms with Gasteiger partial charge in [0.05, 0.1) is 16.3 Å². The lowest BCUT2D eigenvalue weighted by Gasteiger charge is -2.22. The van der Waals surface area contributed by atoms with Crippen LogP contribution < -0.4 is 9.62 Å². The molecule has 0 heterocycles. The van der Waals surface area contributed by atoms with Crippen molar-refractivity contribution in [2.75, 3.05) is 42.6 Å². The fourth-order valence-corrected chi connectivity index (χ4v) is 3.66. The number of halogens is 2. The molecular weight excluding hydrogens is 433 g/mol. The number of rotatable bonds is 11. The second-order valence-corrected chi connectivity index (χ2v) is 9.44. The summed E-state index contributed by atoms with van der Waals surface area (Å²) in [7, 11) is -1.25. The fourth-order valence-electron chi connectivity index (χ4n) is 2.80. The molecule has 1 N–H and O–H groups in total. The molecule has 2 aromatic rings. The standard InChI is InChI=1S/C20H25Cl2N3O3S/c1-24(12-13-25(15-26)18-9-10-19(21)20(22)14-18)11-3-4-16-5-7-17(8-6-16)23-29(2,27)28/h5-10,14-15,23H,3-4,11-13H2,1-2H3. The highest BCUT2D eigenvalue weighted by atomic mass is 35.5. The number of amides is 1. The molecular formula is C20H25Cl2N3O3S. The lowest BCUT2D eigenvalue weighted by Crippen LogP contribution is -2.33.